The first-order valence-corrected chi connectivity index (χ1v) is 9.04. The summed E-state index contributed by atoms with van der Waals surface area (Å²) in [5, 5.41) is 6.44. The van der Waals surface area contributed by atoms with Crippen LogP contribution in [-0.4, -0.2) is 50.1 Å². The predicted octanol–water partition coefficient (Wildman–Crippen LogP) is 2.15. The Labute approximate surface area is 130 Å². The molecule has 2 N–H and O–H groups in total. The van der Waals surface area contributed by atoms with E-state index in [1.807, 2.05) is 0 Å². The molecular formula is C17H33N3O. The second-order valence-corrected chi connectivity index (χ2v) is 6.69. The molecule has 1 aliphatic heterocycles. The second-order valence-electron chi connectivity index (χ2n) is 6.69. The molecule has 122 valence electrons. The van der Waals surface area contributed by atoms with Gasteiger partial charge in [0.05, 0.1) is 0 Å². The highest BCUT2D eigenvalue weighted by atomic mass is 16.1. The van der Waals surface area contributed by atoms with Crippen molar-refractivity contribution in [1.29, 1.82) is 0 Å². The highest BCUT2D eigenvalue weighted by Crippen LogP contribution is 2.27. The summed E-state index contributed by atoms with van der Waals surface area (Å²) in [5.74, 6) is 1.16. The van der Waals surface area contributed by atoms with Crippen LogP contribution in [-0.2, 0) is 4.79 Å². The molecule has 0 unspecified atom stereocenters. The van der Waals surface area contributed by atoms with Gasteiger partial charge in [-0.3, -0.25) is 4.79 Å². The lowest BCUT2D eigenvalue weighted by molar-refractivity contribution is -0.121. The van der Waals surface area contributed by atoms with Crippen LogP contribution < -0.4 is 10.6 Å². The third-order valence-corrected chi connectivity index (χ3v) is 4.92. The molecule has 0 spiro atoms. The Kier molecular flexibility index (Phi) is 8.12. The first-order chi connectivity index (χ1) is 10.3. The summed E-state index contributed by atoms with van der Waals surface area (Å²) in [6, 6.07) is 0. The summed E-state index contributed by atoms with van der Waals surface area (Å²) in [4.78, 5) is 14.3. The van der Waals surface area contributed by atoms with Crippen LogP contribution in [0.15, 0.2) is 0 Å². The molecular weight excluding hydrogens is 262 g/mol. The van der Waals surface area contributed by atoms with Crippen LogP contribution in [0.1, 0.15) is 57.8 Å². The van der Waals surface area contributed by atoms with E-state index in [2.05, 4.69) is 15.5 Å². The highest BCUT2D eigenvalue weighted by Gasteiger charge is 2.13. The largest absolute Gasteiger partial charge is 0.356 e. The van der Waals surface area contributed by atoms with Crippen molar-refractivity contribution in [3.05, 3.63) is 0 Å². The molecule has 1 heterocycles. The van der Waals surface area contributed by atoms with Crippen LogP contribution in [0.3, 0.4) is 0 Å². The summed E-state index contributed by atoms with van der Waals surface area (Å²) in [6.07, 6.45) is 11.2. The summed E-state index contributed by atoms with van der Waals surface area (Å²) in [7, 11) is 0. The zero-order valence-electron chi connectivity index (χ0n) is 13.5. The number of hydrogen-bond donors (Lipinski definition) is 2. The lowest BCUT2D eigenvalue weighted by Crippen LogP contribution is -2.44. The van der Waals surface area contributed by atoms with Crippen molar-refractivity contribution in [3.8, 4) is 0 Å². The van der Waals surface area contributed by atoms with Gasteiger partial charge in [0.2, 0.25) is 5.91 Å². The van der Waals surface area contributed by atoms with Crippen molar-refractivity contribution in [2.45, 2.75) is 57.8 Å². The third-order valence-electron chi connectivity index (χ3n) is 4.92. The van der Waals surface area contributed by atoms with Crippen molar-refractivity contribution >= 4 is 5.91 Å². The van der Waals surface area contributed by atoms with Crippen LogP contribution in [0.2, 0.25) is 0 Å². The van der Waals surface area contributed by atoms with Crippen LogP contribution in [0.4, 0.5) is 0 Å². The third kappa shape index (κ3) is 7.28. The van der Waals surface area contributed by atoms with Crippen molar-refractivity contribution in [1.82, 2.24) is 15.5 Å². The maximum absolute atomic E-state index is 11.8. The molecule has 2 fully saturated rings. The van der Waals surface area contributed by atoms with Gasteiger partial charge in [0.1, 0.15) is 0 Å². The minimum Gasteiger partial charge on any atom is -0.356 e. The van der Waals surface area contributed by atoms with Gasteiger partial charge < -0.3 is 15.5 Å². The van der Waals surface area contributed by atoms with Gasteiger partial charge in [-0.25, -0.2) is 0 Å². The first-order valence-electron chi connectivity index (χ1n) is 9.04. The van der Waals surface area contributed by atoms with Crippen LogP contribution >= 0.6 is 0 Å². The molecule has 1 saturated heterocycles. The molecule has 0 atom stereocenters. The fourth-order valence-electron chi connectivity index (χ4n) is 3.58. The van der Waals surface area contributed by atoms with Crippen molar-refractivity contribution in [2.24, 2.45) is 5.92 Å². The molecule has 2 rings (SSSR count). The van der Waals surface area contributed by atoms with Gasteiger partial charge >= 0.3 is 0 Å². The molecule has 0 bridgehead atoms. The lowest BCUT2D eigenvalue weighted by atomic mass is 9.86. The molecule has 0 aromatic carbocycles. The van der Waals surface area contributed by atoms with Crippen LogP contribution in [0.25, 0.3) is 0 Å². The Bertz CT molecular complexity index is 284. The molecule has 1 amide bonds. The fourth-order valence-corrected chi connectivity index (χ4v) is 3.58. The van der Waals surface area contributed by atoms with Gasteiger partial charge in [-0.2, -0.15) is 0 Å². The van der Waals surface area contributed by atoms with E-state index in [-0.39, 0.29) is 5.91 Å². The monoisotopic (exact) mass is 295 g/mol. The normalized spacial score (nSPS) is 21.3. The van der Waals surface area contributed by atoms with Gasteiger partial charge in [-0.1, -0.05) is 32.1 Å². The average molecular weight is 295 g/mol. The zero-order valence-corrected chi connectivity index (χ0v) is 13.5. The maximum Gasteiger partial charge on any atom is 0.219 e. The SMILES string of the molecule is O=C(CCCC1CCCCC1)NCCCN1CCNCC1. The number of hydrogen-bond acceptors (Lipinski definition) is 3. The number of nitrogens with one attached hydrogen (secondary N) is 2. The van der Waals surface area contributed by atoms with Crippen LogP contribution in [0, 0.1) is 5.92 Å². The fraction of sp³-hybridized carbons (Fsp3) is 0.941. The molecule has 21 heavy (non-hydrogen) atoms. The van der Waals surface area contributed by atoms with Crippen molar-refractivity contribution in [2.75, 3.05) is 39.3 Å². The second kappa shape index (κ2) is 10.2. The van der Waals surface area contributed by atoms with E-state index in [0.29, 0.717) is 0 Å². The van der Waals surface area contributed by atoms with Gasteiger partial charge in [-0.15, -0.1) is 0 Å². The minimum absolute atomic E-state index is 0.256. The van der Waals surface area contributed by atoms with E-state index < -0.39 is 0 Å². The molecule has 1 saturated carbocycles. The Hall–Kier alpha value is -0.610. The quantitative estimate of drug-likeness (QED) is 0.674. The average Bonchev–Trinajstić information content (AvgIpc) is 2.54. The van der Waals surface area contributed by atoms with Gasteiger partial charge in [0.15, 0.2) is 0 Å². The molecule has 1 aliphatic carbocycles. The molecule has 4 nitrogen and oxygen atoms in total. The van der Waals surface area contributed by atoms with E-state index in [0.717, 1.165) is 64.4 Å². The Balaban J connectivity index is 1.42. The summed E-state index contributed by atoms with van der Waals surface area (Å²) < 4.78 is 0. The van der Waals surface area contributed by atoms with E-state index in [9.17, 15) is 4.79 Å². The van der Waals surface area contributed by atoms with Crippen LogP contribution in [0.5, 0.6) is 0 Å². The Morgan fingerprint density at radius 3 is 2.62 bits per heavy atom. The lowest BCUT2D eigenvalue weighted by Gasteiger charge is -2.27. The molecule has 0 radical (unpaired) electrons. The highest BCUT2D eigenvalue weighted by molar-refractivity contribution is 5.75. The van der Waals surface area contributed by atoms with Gasteiger partial charge in [0.25, 0.3) is 0 Å². The Morgan fingerprint density at radius 1 is 1.10 bits per heavy atom. The smallest absolute Gasteiger partial charge is 0.219 e. The number of amides is 1. The molecule has 4 heteroatoms. The number of piperazine rings is 1. The summed E-state index contributed by atoms with van der Waals surface area (Å²) >= 11 is 0. The summed E-state index contributed by atoms with van der Waals surface area (Å²) in [5.41, 5.74) is 0. The number of rotatable bonds is 8. The molecule has 0 aromatic heterocycles. The number of carbonyl (C=O) groups excluding carboxylic acids is 1. The van der Waals surface area contributed by atoms with Gasteiger partial charge in [0, 0.05) is 39.1 Å². The number of nitrogens with zero attached hydrogens (tertiary/aromatic N) is 1. The van der Waals surface area contributed by atoms with Crippen molar-refractivity contribution < 1.29 is 4.79 Å². The number of carbonyl (C=O) groups is 1. The zero-order chi connectivity index (χ0) is 14.8. The van der Waals surface area contributed by atoms with Crippen molar-refractivity contribution in [3.63, 3.8) is 0 Å². The maximum atomic E-state index is 11.8. The standard InChI is InChI=1S/C17H33N3O/c21-17(9-4-8-16-6-2-1-3-7-16)19-10-5-13-20-14-11-18-12-15-20/h16,18H,1-15H2,(H,19,21). The summed E-state index contributed by atoms with van der Waals surface area (Å²) in [6.45, 7) is 6.46. The first kappa shape index (κ1) is 16.8. The van der Waals surface area contributed by atoms with E-state index in [1.165, 1.54) is 38.5 Å². The van der Waals surface area contributed by atoms with E-state index >= 15 is 0 Å². The van der Waals surface area contributed by atoms with Gasteiger partial charge in [-0.05, 0) is 31.7 Å². The predicted molar refractivity (Wildman–Crippen MR) is 87.4 cm³/mol. The Morgan fingerprint density at radius 2 is 1.86 bits per heavy atom. The molecule has 0 aromatic rings. The van der Waals surface area contributed by atoms with E-state index in [1.54, 1.807) is 0 Å². The molecule has 2 aliphatic rings. The topological polar surface area (TPSA) is 44.4 Å². The van der Waals surface area contributed by atoms with E-state index in [4.69, 9.17) is 0 Å². The minimum atomic E-state index is 0.256.